The van der Waals surface area contributed by atoms with Crippen LogP contribution in [-0.2, 0) is 22.4 Å². The van der Waals surface area contributed by atoms with E-state index in [1.54, 1.807) is 6.07 Å². The van der Waals surface area contributed by atoms with Crippen molar-refractivity contribution in [2.75, 3.05) is 0 Å². The van der Waals surface area contributed by atoms with Gasteiger partial charge in [0.15, 0.2) is 11.5 Å². The number of rotatable bonds is 8. The van der Waals surface area contributed by atoms with E-state index in [-0.39, 0.29) is 11.5 Å². The Kier molecular flexibility index (Phi) is 7.52. The zero-order chi connectivity index (χ0) is 20.5. The Bertz CT molecular complexity index is 908. The van der Waals surface area contributed by atoms with Crippen molar-refractivity contribution in [1.29, 1.82) is 0 Å². The SMILES string of the molecule is C=CC(=O)Oc1cc(C=Cc2ccccc2)c(CC)c(CC)c1OC(=O)C=C. The van der Waals surface area contributed by atoms with Crippen LogP contribution in [-0.4, -0.2) is 11.9 Å². The van der Waals surface area contributed by atoms with Gasteiger partial charge in [0, 0.05) is 17.7 Å². The summed E-state index contributed by atoms with van der Waals surface area (Å²) in [5.41, 5.74) is 3.79. The molecule has 0 spiro atoms. The second kappa shape index (κ2) is 10.1. The van der Waals surface area contributed by atoms with Crippen LogP contribution in [0.15, 0.2) is 61.7 Å². The Labute approximate surface area is 165 Å². The van der Waals surface area contributed by atoms with Crippen LogP contribution < -0.4 is 9.47 Å². The van der Waals surface area contributed by atoms with E-state index in [1.165, 1.54) is 0 Å². The van der Waals surface area contributed by atoms with Crippen LogP contribution in [0.1, 0.15) is 36.1 Å². The highest BCUT2D eigenvalue weighted by Gasteiger charge is 2.20. The Hall–Kier alpha value is -3.40. The molecule has 0 radical (unpaired) electrons. The smallest absolute Gasteiger partial charge is 0.335 e. The van der Waals surface area contributed by atoms with Gasteiger partial charge in [-0.3, -0.25) is 0 Å². The minimum absolute atomic E-state index is 0.182. The molecule has 0 saturated carbocycles. The molecule has 2 aromatic rings. The molecule has 0 amide bonds. The molecule has 144 valence electrons. The van der Waals surface area contributed by atoms with Gasteiger partial charge in [0.1, 0.15) is 0 Å². The van der Waals surface area contributed by atoms with Crippen LogP contribution in [0.25, 0.3) is 12.2 Å². The number of ether oxygens (including phenoxy) is 2. The molecular formula is C24H24O4. The van der Waals surface area contributed by atoms with Crippen molar-refractivity contribution in [1.82, 2.24) is 0 Å². The molecule has 28 heavy (non-hydrogen) atoms. The predicted octanol–water partition coefficient (Wildman–Crippen LogP) is 5.16. The quantitative estimate of drug-likeness (QED) is 0.276. The average Bonchev–Trinajstić information content (AvgIpc) is 2.73. The van der Waals surface area contributed by atoms with Crippen LogP contribution >= 0.6 is 0 Å². The molecule has 4 heteroatoms. The van der Waals surface area contributed by atoms with E-state index in [9.17, 15) is 9.59 Å². The fourth-order valence-corrected chi connectivity index (χ4v) is 2.92. The van der Waals surface area contributed by atoms with Gasteiger partial charge in [-0.05, 0) is 35.6 Å². The van der Waals surface area contributed by atoms with Gasteiger partial charge in [0.25, 0.3) is 0 Å². The average molecular weight is 376 g/mol. The van der Waals surface area contributed by atoms with Gasteiger partial charge in [-0.25, -0.2) is 9.59 Å². The van der Waals surface area contributed by atoms with Crippen molar-refractivity contribution >= 4 is 24.1 Å². The maximum Gasteiger partial charge on any atom is 0.335 e. The first-order valence-electron chi connectivity index (χ1n) is 9.14. The van der Waals surface area contributed by atoms with Crippen LogP contribution in [0.5, 0.6) is 11.5 Å². The first kappa shape index (κ1) is 20.9. The summed E-state index contributed by atoms with van der Waals surface area (Å²) in [6.07, 6.45) is 7.44. The summed E-state index contributed by atoms with van der Waals surface area (Å²) in [6.45, 7) is 10.9. The molecule has 0 aliphatic rings. The molecule has 2 rings (SSSR count). The second-order valence-corrected chi connectivity index (χ2v) is 5.95. The molecule has 0 aliphatic carbocycles. The topological polar surface area (TPSA) is 52.6 Å². The molecule has 0 aliphatic heterocycles. The number of carbonyl (C=O) groups excluding carboxylic acids is 2. The maximum absolute atomic E-state index is 11.8. The third kappa shape index (κ3) is 5.07. The van der Waals surface area contributed by atoms with Crippen LogP contribution in [0, 0.1) is 0 Å². The fourth-order valence-electron chi connectivity index (χ4n) is 2.92. The summed E-state index contributed by atoms with van der Waals surface area (Å²) in [5, 5.41) is 0. The minimum atomic E-state index is -0.625. The van der Waals surface area contributed by atoms with E-state index in [2.05, 4.69) is 13.2 Å². The normalized spacial score (nSPS) is 10.5. The van der Waals surface area contributed by atoms with E-state index < -0.39 is 11.9 Å². The van der Waals surface area contributed by atoms with E-state index in [0.717, 1.165) is 40.8 Å². The lowest BCUT2D eigenvalue weighted by molar-refractivity contribution is -0.131. The monoisotopic (exact) mass is 376 g/mol. The van der Waals surface area contributed by atoms with E-state index >= 15 is 0 Å². The van der Waals surface area contributed by atoms with Crippen LogP contribution in [0.2, 0.25) is 0 Å². The minimum Gasteiger partial charge on any atom is -0.419 e. The van der Waals surface area contributed by atoms with Gasteiger partial charge in [0.05, 0.1) is 0 Å². The molecule has 0 heterocycles. The van der Waals surface area contributed by atoms with Crippen molar-refractivity contribution in [2.45, 2.75) is 26.7 Å². The molecule has 4 nitrogen and oxygen atoms in total. The molecule has 0 unspecified atom stereocenters. The van der Waals surface area contributed by atoms with Gasteiger partial charge in [0.2, 0.25) is 0 Å². The number of hydrogen-bond acceptors (Lipinski definition) is 4. The van der Waals surface area contributed by atoms with Crippen molar-refractivity contribution < 1.29 is 19.1 Å². The van der Waals surface area contributed by atoms with E-state index in [0.29, 0.717) is 6.42 Å². The summed E-state index contributed by atoms with van der Waals surface area (Å²) in [5.74, 6) is -0.807. The number of benzene rings is 2. The summed E-state index contributed by atoms with van der Waals surface area (Å²) in [4.78, 5) is 23.7. The molecule has 2 aromatic carbocycles. The van der Waals surface area contributed by atoms with E-state index in [4.69, 9.17) is 9.47 Å². The Morgan fingerprint density at radius 2 is 1.50 bits per heavy atom. The van der Waals surface area contributed by atoms with Crippen molar-refractivity contribution in [3.8, 4) is 11.5 Å². The lowest BCUT2D eigenvalue weighted by Crippen LogP contribution is -2.12. The van der Waals surface area contributed by atoms with Gasteiger partial charge >= 0.3 is 11.9 Å². The lowest BCUT2D eigenvalue weighted by Gasteiger charge is -2.18. The third-order valence-electron chi connectivity index (χ3n) is 4.21. The summed E-state index contributed by atoms with van der Waals surface area (Å²) < 4.78 is 10.8. The highest BCUT2D eigenvalue weighted by molar-refractivity contribution is 5.87. The van der Waals surface area contributed by atoms with Crippen molar-refractivity contribution in [3.05, 3.63) is 84.0 Å². The first-order chi connectivity index (χ1) is 13.5. The molecule has 0 bridgehead atoms. The molecular weight excluding hydrogens is 352 g/mol. The molecule has 0 N–H and O–H groups in total. The summed E-state index contributed by atoms with van der Waals surface area (Å²) in [7, 11) is 0. The molecule has 0 atom stereocenters. The Balaban J connectivity index is 2.64. The van der Waals surface area contributed by atoms with E-state index in [1.807, 2.05) is 56.3 Å². The predicted molar refractivity (Wildman–Crippen MR) is 112 cm³/mol. The number of esters is 2. The van der Waals surface area contributed by atoms with Crippen LogP contribution in [0.3, 0.4) is 0 Å². The highest BCUT2D eigenvalue weighted by atomic mass is 16.6. The second-order valence-electron chi connectivity index (χ2n) is 5.95. The van der Waals surface area contributed by atoms with Crippen molar-refractivity contribution in [2.24, 2.45) is 0 Å². The zero-order valence-electron chi connectivity index (χ0n) is 16.2. The maximum atomic E-state index is 11.8. The van der Waals surface area contributed by atoms with Crippen molar-refractivity contribution in [3.63, 3.8) is 0 Å². The van der Waals surface area contributed by atoms with Gasteiger partial charge in [-0.2, -0.15) is 0 Å². The summed E-state index contributed by atoms with van der Waals surface area (Å²) >= 11 is 0. The zero-order valence-corrected chi connectivity index (χ0v) is 16.2. The Morgan fingerprint density at radius 1 is 0.893 bits per heavy atom. The largest absolute Gasteiger partial charge is 0.419 e. The highest BCUT2D eigenvalue weighted by Crippen LogP contribution is 2.38. The molecule has 0 fully saturated rings. The van der Waals surface area contributed by atoms with Gasteiger partial charge in [-0.1, -0.05) is 69.5 Å². The lowest BCUT2D eigenvalue weighted by atomic mass is 9.94. The fraction of sp³-hybridized carbons (Fsp3) is 0.167. The Morgan fingerprint density at radius 3 is 2.07 bits per heavy atom. The van der Waals surface area contributed by atoms with Gasteiger partial charge in [-0.15, -0.1) is 0 Å². The number of hydrogen-bond donors (Lipinski definition) is 0. The summed E-state index contributed by atoms with van der Waals surface area (Å²) in [6, 6.07) is 11.6. The number of carbonyl (C=O) groups is 2. The molecule has 0 aromatic heterocycles. The van der Waals surface area contributed by atoms with Gasteiger partial charge < -0.3 is 9.47 Å². The standard InChI is InChI=1S/C24H24O4/c1-5-19-18(15-14-17-12-10-9-11-13-17)16-21(27-22(25)7-3)24(20(19)6-2)28-23(26)8-4/h7-16H,3-6H2,1-2H3. The first-order valence-corrected chi connectivity index (χ1v) is 9.14. The third-order valence-corrected chi connectivity index (χ3v) is 4.21. The van der Waals surface area contributed by atoms with Crippen LogP contribution in [0.4, 0.5) is 0 Å². The molecule has 0 saturated heterocycles.